The molecule has 0 saturated carbocycles. The molecule has 1 aliphatic heterocycles. The zero-order chi connectivity index (χ0) is 7.56. The average molecular weight is 141 g/mol. The Balaban J connectivity index is 2.26. The maximum absolute atomic E-state index is 3.47. The van der Waals surface area contributed by atoms with Crippen LogP contribution < -0.4 is 5.32 Å². The summed E-state index contributed by atoms with van der Waals surface area (Å²) in [6.07, 6.45) is 2.79. The van der Waals surface area contributed by atoms with Gasteiger partial charge in [-0.25, -0.2) is 0 Å². The standard InChI is InChI=1S/C9H19N/c1-7(2)6-9-4-5-10-8(9)3/h7-10H,4-6H2,1-3H3. The molecule has 0 radical (unpaired) electrons. The van der Waals surface area contributed by atoms with Crippen LogP contribution in [0.2, 0.25) is 0 Å². The van der Waals surface area contributed by atoms with E-state index in [1.165, 1.54) is 19.4 Å². The molecule has 0 aliphatic carbocycles. The molecular formula is C9H19N. The summed E-state index contributed by atoms with van der Waals surface area (Å²) in [4.78, 5) is 0. The molecule has 0 aromatic rings. The van der Waals surface area contributed by atoms with E-state index in [9.17, 15) is 0 Å². The number of hydrogen-bond donors (Lipinski definition) is 1. The Morgan fingerprint density at radius 3 is 2.60 bits per heavy atom. The number of nitrogens with one attached hydrogen (secondary N) is 1. The molecule has 1 fully saturated rings. The Kier molecular flexibility index (Phi) is 2.72. The minimum atomic E-state index is 0.766. The van der Waals surface area contributed by atoms with Gasteiger partial charge in [0, 0.05) is 6.04 Å². The fraction of sp³-hybridized carbons (Fsp3) is 1.00. The maximum Gasteiger partial charge on any atom is 0.00675 e. The average Bonchev–Trinajstić information content (AvgIpc) is 2.15. The fourth-order valence-electron chi connectivity index (χ4n) is 1.84. The van der Waals surface area contributed by atoms with Gasteiger partial charge in [0.1, 0.15) is 0 Å². The predicted molar refractivity (Wildman–Crippen MR) is 45.0 cm³/mol. The van der Waals surface area contributed by atoms with Crippen molar-refractivity contribution in [1.82, 2.24) is 5.32 Å². The quantitative estimate of drug-likeness (QED) is 0.620. The highest BCUT2D eigenvalue weighted by Gasteiger charge is 2.22. The van der Waals surface area contributed by atoms with Crippen molar-refractivity contribution in [3.8, 4) is 0 Å². The van der Waals surface area contributed by atoms with Crippen LogP contribution in [0.25, 0.3) is 0 Å². The summed E-state index contributed by atoms with van der Waals surface area (Å²) >= 11 is 0. The summed E-state index contributed by atoms with van der Waals surface area (Å²) in [5.74, 6) is 1.81. The lowest BCUT2D eigenvalue weighted by atomic mass is 9.92. The van der Waals surface area contributed by atoms with Crippen LogP contribution in [0.15, 0.2) is 0 Å². The van der Waals surface area contributed by atoms with E-state index in [4.69, 9.17) is 0 Å². The van der Waals surface area contributed by atoms with E-state index in [-0.39, 0.29) is 0 Å². The number of hydrogen-bond acceptors (Lipinski definition) is 1. The van der Waals surface area contributed by atoms with E-state index >= 15 is 0 Å². The molecule has 1 aliphatic rings. The predicted octanol–water partition coefficient (Wildman–Crippen LogP) is 2.03. The second-order valence-electron chi connectivity index (χ2n) is 3.92. The third-order valence-corrected chi connectivity index (χ3v) is 2.46. The molecular weight excluding hydrogens is 122 g/mol. The zero-order valence-electron chi connectivity index (χ0n) is 7.35. The molecule has 1 saturated heterocycles. The first-order chi connectivity index (χ1) is 4.70. The molecule has 1 heterocycles. The van der Waals surface area contributed by atoms with E-state index in [1.807, 2.05) is 0 Å². The van der Waals surface area contributed by atoms with Crippen LogP contribution >= 0.6 is 0 Å². The number of rotatable bonds is 2. The van der Waals surface area contributed by atoms with Gasteiger partial charge >= 0.3 is 0 Å². The van der Waals surface area contributed by atoms with Crippen LogP contribution in [0.4, 0.5) is 0 Å². The first-order valence-corrected chi connectivity index (χ1v) is 4.43. The molecule has 1 nitrogen and oxygen atoms in total. The molecule has 0 bridgehead atoms. The first-order valence-electron chi connectivity index (χ1n) is 4.43. The van der Waals surface area contributed by atoms with E-state index in [2.05, 4.69) is 26.1 Å². The van der Waals surface area contributed by atoms with Gasteiger partial charge in [0.2, 0.25) is 0 Å². The summed E-state index contributed by atoms with van der Waals surface area (Å²) in [6, 6.07) is 0.766. The third kappa shape index (κ3) is 1.98. The second kappa shape index (κ2) is 3.38. The Morgan fingerprint density at radius 1 is 1.50 bits per heavy atom. The van der Waals surface area contributed by atoms with Crippen molar-refractivity contribution in [2.45, 2.75) is 39.7 Å². The van der Waals surface area contributed by atoms with Crippen LogP contribution in [-0.4, -0.2) is 12.6 Å². The van der Waals surface area contributed by atoms with Crippen LogP contribution in [-0.2, 0) is 0 Å². The Hall–Kier alpha value is -0.0400. The molecule has 0 spiro atoms. The Labute approximate surface area is 64.2 Å². The minimum absolute atomic E-state index is 0.766. The lowest BCUT2D eigenvalue weighted by molar-refractivity contribution is 0.383. The van der Waals surface area contributed by atoms with Crippen LogP contribution in [0.5, 0.6) is 0 Å². The van der Waals surface area contributed by atoms with Crippen molar-refractivity contribution in [3.63, 3.8) is 0 Å². The molecule has 1 N–H and O–H groups in total. The van der Waals surface area contributed by atoms with Gasteiger partial charge < -0.3 is 5.32 Å². The first kappa shape index (κ1) is 8.06. The van der Waals surface area contributed by atoms with E-state index in [1.54, 1.807) is 0 Å². The summed E-state index contributed by atoms with van der Waals surface area (Å²) in [7, 11) is 0. The normalized spacial score (nSPS) is 33.6. The van der Waals surface area contributed by atoms with Crippen molar-refractivity contribution < 1.29 is 0 Å². The maximum atomic E-state index is 3.47. The summed E-state index contributed by atoms with van der Waals surface area (Å²) in [5, 5.41) is 3.47. The SMILES string of the molecule is CC(C)CC1CCNC1C. The monoisotopic (exact) mass is 141 g/mol. The fourth-order valence-corrected chi connectivity index (χ4v) is 1.84. The second-order valence-corrected chi connectivity index (χ2v) is 3.92. The smallest absolute Gasteiger partial charge is 0.00675 e. The summed E-state index contributed by atoms with van der Waals surface area (Å²) < 4.78 is 0. The van der Waals surface area contributed by atoms with E-state index in [0.717, 1.165) is 17.9 Å². The largest absolute Gasteiger partial charge is 0.314 e. The molecule has 1 rings (SSSR count). The lowest BCUT2D eigenvalue weighted by Crippen LogP contribution is -2.23. The molecule has 1 heteroatoms. The lowest BCUT2D eigenvalue weighted by Gasteiger charge is -2.16. The van der Waals surface area contributed by atoms with Crippen LogP contribution in [0.3, 0.4) is 0 Å². The van der Waals surface area contributed by atoms with Gasteiger partial charge in [0.05, 0.1) is 0 Å². The zero-order valence-corrected chi connectivity index (χ0v) is 7.35. The molecule has 2 unspecified atom stereocenters. The van der Waals surface area contributed by atoms with Crippen molar-refractivity contribution in [2.24, 2.45) is 11.8 Å². The van der Waals surface area contributed by atoms with Gasteiger partial charge in [-0.15, -0.1) is 0 Å². The summed E-state index contributed by atoms with van der Waals surface area (Å²) in [5.41, 5.74) is 0. The van der Waals surface area contributed by atoms with Gasteiger partial charge in [0.15, 0.2) is 0 Å². The topological polar surface area (TPSA) is 12.0 Å². The molecule has 60 valence electrons. The van der Waals surface area contributed by atoms with E-state index < -0.39 is 0 Å². The van der Waals surface area contributed by atoms with Crippen LogP contribution in [0, 0.1) is 11.8 Å². The van der Waals surface area contributed by atoms with Crippen molar-refractivity contribution in [2.75, 3.05) is 6.54 Å². The van der Waals surface area contributed by atoms with Gasteiger partial charge in [0.25, 0.3) is 0 Å². The highest BCUT2D eigenvalue weighted by atomic mass is 14.9. The Morgan fingerprint density at radius 2 is 2.20 bits per heavy atom. The van der Waals surface area contributed by atoms with E-state index in [0.29, 0.717) is 0 Å². The van der Waals surface area contributed by atoms with Crippen molar-refractivity contribution in [3.05, 3.63) is 0 Å². The molecule has 2 atom stereocenters. The molecule has 0 amide bonds. The van der Waals surface area contributed by atoms with Gasteiger partial charge in [-0.1, -0.05) is 13.8 Å². The van der Waals surface area contributed by atoms with Gasteiger partial charge in [-0.3, -0.25) is 0 Å². The molecule has 10 heavy (non-hydrogen) atoms. The Bertz CT molecular complexity index is 98.9. The molecule has 0 aromatic carbocycles. The van der Waals surface area contributed by atoms with Crippen LogP contribution in [0.1, 0.15) is 33.6 Å². The highest BCUT2D eigenvalue weighted by Crippen LogP contribution is 2.22. The summed E-state index contributed by atoms with van der Waals surface area (Å²) in [6.45, 7) is 8.16. The van der Waals surface area contributed by atoms with Crippen molar-refractivity contribution >= 4 is 0 Å². The third-order valence-electron chi connectivity index (χ3n) is 2.46. The highest BCUT2D eigenvalue weighted by molar-refractivity contribution is 4.80. The van der Waals surface area contributed by atoms with Gasteiger partial charge in [-0.05, 0) is 38.1 Å². The minimum Gasteiger partial charge on any atom is -0.314 e. The molecule has 0 aromatic heterocycles. The van der Waals surface area contributed by atoms with Crippen molar-refractivity contribution in [1.29, 1.82) is 0 Å². The van der Waals surface area contributed by atoms with Gasteiger partial charge in [-0.2, -0.15) is 0 Å².